The molecule has 37 heavy (non-hydrogen) atoms. The van der Waals surface area contributed by atoms with Crippen molar-refractivity contribution in [2.75, 3.05) is 6.61 Å². The minimum atomic E-state index is -0.350. The summed E-state index contributed by atoms with van der Waals surface area (Å²) in [6, 6.07) is 13.4. The predicted molar refractivity (Wildman–Crippen MR) is 158 cm³/mol. The molecule has 0 unspecified atom stereocenters. The Balaban J connectivity index is 1.32. The standard InChI is InChI=1S/C33H47BrO3/c1-2-3-4-5-6-7-8-9-10-14-25-36-32-24-21-29(26-31(32)34)33(35)37-30-22-19-28(20-23-30)18-17-27-15-12-11-13-16-27/h19-24,26-27H,2-18,25H2,1H3. The molecule has 1 fully saturated rings. The van der Waals surface area contributed by atoms with Gasteiger partial charge in [-0.3, -0.25) is 0 Å². The summed E-state index contributed by atoms with van der Waals surface area (Å²) in [5, 5.41) is 0. The van der Waals surface area contributed by atoms with Crippen molar-refractivity contribution >= 4 is 21.9 Å². The number of hydrogen-bond acceptors (Lipinski definition) is 3. The Morgan fingerprint density at radius 2 is 1.49 bits per heavy atom. The van der Waals surface area contributed by atoms with E-state index < -0.39 is 0 Å². The number of unbranched alkanes of at least 4 members (excludes halogenated alkanes) is 9. The van der Waals surface area contributed by atoms with Crippen molar-refractivity contribution < 1.29 is 14.3 Å². The predicted octanol–water partition coefficient (Wildman–Crippen LogP) is 10.5. The van der Waals surface area contributed by atoms with E-state index in [0.717, 1.165) is 29.0 Å². The molecule has 4 heteroatoms. The molecule has 1 saturated carbocycles. The van der Waals surface area contributed by atoms with Crippen LogP contribution in [0.5, 0.6) is 11.5 Å². The van der Waals surface area contributed by atoms with Gasteiger partial charge in [-0.15, -0.1) is 0 Å². The lowest BCUT2D eigenvalue weighted by atomic mass is 9.85. The summed E-state index contributed by atoms with van der Waals surface area (Å²) in [6.45, 7) is 2.97. The second kappa shape index (κ2) is 17.7. The molecule has 0 bridgehead atoms. The molecule has 0 aromatic heterocycles. The Hall–Kier alpha value is -1.81. The third-order valence-corrected chi connectivity index (χ3v) is 8.24. The molecule has 0 N–H and O–H groups in total. The van der Waals surface area contributed by atoms with Gasteiger partial charge in [-0.25, -0.2) is 4.79 Å². The van der Waals surface area contributed by atoms with Crippen LogP contribution in [-0.2, 0) is 6.42 Å². The summed E-state index contributed by atoms with van der Waals surface area (Å²) in [6.07, 6.45) is 22.4. The Bertz CT molecular complexity index is 902. The molecule has 0 aliphatic heterocycles. The van der Waals surface area contributed by atoms with Gasteiger partial charge < -0.3 is 9.47 Å². The van der Waals surface area contributed by atoms with Crippen molar-refractivity contribution in [2.45, 2.75) is 116 Å². The van der Waals surface area contributed by atoms with Crippen molar-refractivity contribution in [2.24, 2.45) is 5.92 Å². The van der Waals surface area contributed by atoms with Crippen LogP contribution in [0.2, 0.25) is 0 Å². The maximum absolute atomic E-state index is 12.7. The van der Waals surface area contributed by atoms with Crippen LogP contribution in [0.1, 0.15) is 126 Å². The molecule has 0 amide bonds. The number of hydrogen-bond donors (Lipinski definition) is 0. The number of rotatable bonds is 17. The first-order valence-electron chi connectivity index (χ1n) is 14.9. The van der Waals surface area contributed by atoms with Crippen molar-refractivity contribution in [3.05, 3.63) is 58.1 Å². The molecule has 204 valence electrons. The van der Waals surface area contributed by atoms with E-state index in [2.05, 4.69) is 35.0 Å². The average molecular weight is 572 g/mol. The highest BCUT2D eigenvalue weighted by molar-refractivity contribution is 9.10. The lowest BCUT2D eigenvalue weighted by Gasteiger charge is -2.21. The Morgan fingerprint density at radius 1 is 0.838 bits per heavy atom. The first-order chi connectivity index (χ1) is 18.2. The highest BCUT2D eigenvalue weighted by Gasteiger charge is 2.14. The van der Waals surface area contributed by atoms with Gasteiger partial charge in [-0.1, -0.05) is 109 Å². The number of carbonyl (C=O) groups is 1. The fourth-order valence-corrected chi connectivity index (χ4v) is 5.75. The van der Waals surface area contributed by atoms with Crippen LogP contribution >= 0.6 is 15.9 Å². The number of halogens is 1. The zero-order valence-electron chi connectivity index (χ0n) is 22.9. The monoisotopic (exact) mass is 570 g/mol. The Labute approximate surface area is 233 Å². The summed E-state index contributed by atoms with van der Waals surface area (Å²) >= 11 is 3.56. The molecule has 1 aliphatic carbocycles. The highest BCUT2D eigenvalue weighted by Crippen LogP contribution is 2.29. The lowest BCUT2D eigenvalue weighted by Crippen LogP contribution is -2.09. The SMILES string of the molecule is CCCCCCCCCCCCOc1ccc(C(=O)Oc2ccc(CCC3CCCCC3)cc2)cc1Br. The Kier molecular flexibility index (Phi) is 14.2. The normalized spacial score (nSPS) is 14.0. The number of aryl methyl sites for hydroxylation is 1. The first-order valence-corrected chi connectivity index (χ1v) is 15.7. The summed E-state index contributed by atoms with van der Waals surface area (Å²) in [4.78, 5) is 12.7. The molecule has 3 rings (SSSR count). The van der Waals surface area contributed by atoms with E-state index in [9.17, 15) is 4.79 Å². The largest absolute Gasteiger partial charge is 0.492 e. The topological polar surface area (TPSA) is 35.5 Å². The van der Waals surface area contributed by atoms with Gasteiger partial charge in [-0.2, -0.15) is 0 Å². The quantitative estimate of drug-likeness (QED) is 0.108. The highest BCUT2D eigenvalue weighted by atomic mass is 79.9. The minimum absolute atomic E-state index is 0.350. The van der Waals surface area contributed by atoms with Gasteiger partial charge in [0, 0.05) is 0 Å². The van der Waals surface area contributed by atoms with E-state index in [0.29, 0.717) is 17.9 Å². The molecular weight excluding hydrogens is 524 g/mol. The third-order valence-electron chi connectivity index (χ3n) is 7.62. The van der Waals surface area contributed by atoms with E-state index >= 15 is 0 Å². The van der Waals surface area contributed by atoms with Crippen LogP contribution in [0.15, 0.2) is 46.9 Å². The van der Waals surface area contributed by atoms with Crippen LogP contribution < -0.4 is 9.47 Å². The van der Waals surface area contributed by atoms with Crippen LogP contribution in [0, 0.1) is 5.92 Å². The molecular formula is C33H47BrO3. The molecule has 0 saturated heterocycles. The van der Waals surface area contributed by atoms with Gasteiger partial charge >= 0.3 is 5.97 Å². The van der Waals surface area contributed by atoms with E-state index in [1.165, 1.54) is 102 Å². The van der Waals surface area contributed by atoms with E-state index in [-0.39, 0.29) is 5.97 Å². The van der Waals surface area contributed by atoms with Gasteiger partial charge in [0.1, 0.15) is 11.5 Å². The van der Waals surface area contributed by atoms with Crippen molar-refractivity contribution in [1.82, 2.24) is 0 Å². The molecule has 3 nitrogen and oxygen atoms in total. The smallest absolute Gasteiger partial charge is 0.343 e. The molecule has 2 aromatic rings. The van der Waals surface area contributed by atoms with E-state index in [1.54, 1.807) is 12.1 Å². The number of esters is 1. The molecule has 1 aliphatic rings. The van der Waals surface area contributed by atoms with Crippen molar-refractivity contribution in [1.29, 1.82) is 0 Å². The summed E-state index contributed by atoms with van der Waals surface area (Å²) in [7, 11) is 0. The van der Waals surface area contributed by atoms with Gasteiger partial charge in [-0.05, 0) is 77.0 Å². The summed E-state index contributed by atoms with van der Waals surface area (Å²) < 4.78 is 12.3. The van der Waals surface area contributed by atoms with Crippen LogP contribution in [0.3, 0.4) is 0 Å². The van der Waals surface area contributed by atoms with Gasteiger partial charge in [0.25, 0.3) is 0 Å². The molecule has 0 heterocycles. The first kappa shape index (κ1) is 29.7. The minimum Gasteiger partial charge on any atom is -0.492 e. The summed E-state index contributed by atoms with van der Waals surface area (Å²) in [5.74, 6) is 1.89. The lowest BCUT2D eigenvalue weighted by molar-refractivity contribution is 0.0734. The summed E-state index contributed by atoms with van der Waals surface area (Å²) in [5.41, 5.74) is 1.83. The number of benzene rings is 2. The second-order valence-corrected chi connectivity index (χ2v) is 11.6. The second-order valence-electron chi connectivity index (χ2n) is 10.8. The zero-order chi connectivity index (χ0) is 26.1. The fraction of sp³-hybridized carbons (Fsp3) is 0.606. The maximum atomic E-state index is 12.7. The molecule has 0 atom stereocenters. The van der Waals surface area contributed by atoms with Crippen LogP contribution in [0.4, 0.5) is 0 Å². The Morgan fingerprint density at radius 3 is 2.14 bits per heavy atom. The molecule has 0 radical (unpaired) electrons. The number of carbonyl (C=O) groups excluding carboxylic acids is 1. The molecule has 0 spiro atoms. The maximum Gasteiger partial charge on any atom is 0.343 e. The van der Waals surface area contributed by atoms with Crippen molar-refractivity contribution in [3.8, 4) is 11.5 Å². The van der Waals surface area contributed by atoms with Crippen molar-refractivity contribution in [3.63, 3.8) is 0 Å². The number of ether oxygens (including phenoxy) is 2. The van der Waals surface area contributed by atoms with Crippen LogP contribution in [0.25, 0.3) is 0 Å². The zero-order valence-corrected chi connectivity index (χ0v) is 24.5. The van der Waals surface area contributed by atoms with Gasteiger partial charge in [0.15, 0.2) is 0 Å². The van der Waals surface area contributed by atoms with Crippen LogP contribution in [-0.4, -0.2) is 12.6 Å². The van der Waals surface area contributed by atoms with Gasteiger partial charge in [0.2, 0.25) is 0 Å². The van der Waals surface area contributed by atoms with E-state index in [1.807, 2.05) is 18.2 Å². The van der Waals surface area contributed by atoms with E-state index in [4.69, 9.17) is 9.47 Å². The average Bonchev–Trinajstić information content (AvgIpc) is 2.92. The molecule has 2 aromatic carbocycles. The third kappa shape index (κ3) is 11.6. The fourth-order valence-electron chi connectivity index (χ4n) is 5.25. The van der Waals surface area contributed by atoms with Gasteiger partial charge in [0.05, 0.1) is 16.6 Å².